The molecule has 3 rings (SSSR count). The Morgan fingerprint density at radius 3 is 2.55 bits per heavy atom. The van der Waals surface area contributed by atoms with E-state index in [4.69, 9.17) is 4.52 Å². The highest BCUT2D eigenvalue weighted by Gasteiger charge is 2.36. The highest BCUT2D eigenvalue weighted by molar-refractivity contribution is 7.89. The predicted octanol–water partition coefficient (Wildman–Crippen LogP) is 1.93. The Morgan fingerprint density at radius 2 is 1.93 bits per heavy atom. The monoisotopic (exact) mass is 426 g/mol. The van der Waals surface area contributed by atoms with Crippen molar-refractivity contribution in [2.45, 2.75) is 64.3 Å². The second-order valence-electron chi connectivity index (χ2n) is 8.67. The number of rotatable bonds is 6. The van der Waals surface area contributed by atoms with Gasteiger partial charge in [-0.2, -0.15) is 4.31 Å². The van der Waals surface area contributed by atoms with E-state index in [1.54, 1.807) is 13.8 Å². The summed E-state index contributed by atoms with van der Waals surface area (Å²) in [5.41, 5.74) is 0.360. The van der Waals surface area contributed by atoms with Crippen LogP contribution in [-0.4, -0.2) is 67.5 Å². The highest BCUT2D eigenvalue weighted by Crippen LogP contribution is 2.27. The molecule has 0 aromatic carbocycles. The first kappa shape index (κ1) is 22.2. The molecule has 0 aliphatic carbocycles. The minimum atomic E-state index is -3.71. The molecule has 0 spiro atoms. The number of carbonyl (C=O) groups is 1. The maximum atomic E-state index is 13.0. The fourth-order valence-electron chi connectivity index (χ4n) is 4.34. The Bertz CT molecular complexity index is 795. The van der Waals surface area contributed by atoms with Gasteiger partial charge in [-0.05, 0) is 65.5 Å². The number of nitrogens with zero attached hydrogens (tertiary/aromatic N) is 3. The molecule has 164 valence electrons. The minimum absolute atomic E-state index is 0.0547. The molecule has 1 N–H and O–H groups in total. The molecule has 1 amide bonds. The number of amides is 1. The molecule has 2 saturated heterocycles. The molecule has 0 saturated carbocycles. The molecule has 0 radical (unpaired) electrons. The van der Waals surface area contributed by atoms with Gasteiger partial charge < -0.3 is 9.84 Å². The lowest BCUT2D eigenvalue weighted by Gasteiger charge is -2.35. The van der Waals surface area contributed by atoms with Gasteiger partial charge in [0, 0.05) is 25.7 Å². The topological polar surface area (TPSA) is 95.8 Å². The molecule has 3 heterocycles. The van der Waals surface area contributed by atoms with E-state index in [2.05, 4.69) is 29.2 Å². The van der Waals surface area contributed by atoms with Gasteiger partial charge >= 0.3 is 0 Å². The van der Waals surface area contributed by atoms with Crippen molar-refractivity contribution in [1.29, 1.82) is 0 Å². The van der Waals surface area contributed by atoms with Gasteiger partial charge in [-0.15, -0.1) is 0 Å². The van der Waals surface area contributed by atoms with Crippen molar-refractivity contribution in [2.24, 2.45) is 11.8 Å². The van der Waals surface area contributed by atoms with Crippen LogP contribution in [0.15, 0.2) is 9.42 Å². The van der Waals surface area contributed by atoms with Crippen LogP contribution < -0.4 is 5.32 Å². The highest BCUT2D eigenvalue weighted by atomic mass is 32.2. The van der Waals surface area contributed by atoms with Crippen molar-refractivity contribution in [3.05, 3.63) is 11.5 Å². The third-order valence-electron chi connectivity index (χ3n) is 6.33. The number of nitrogens with one attached hydrogen (secondary N) is 1. The van der Waals surface area contributed by atoms with Crippen molar-refractivity contribution in [2.75, 3.05) is 32.7 Å². The van der Waals surface area contributed by atoms with Gasteiger partial charge in [0.2, 0.25) is 15.9 Å². The lowest BCUT2D eigenvalue weighted by Crippen LogP contribution is -2.49. The normalized spacial score (nSPS) is 23.8. The summed E-state index contributed by atoms with van der Waals surface area (Å²) < 4.78 is 32.5. The predicted molar refractivity (Wildman–Crippen MR) is 110 cm³/mol. The summed E-state index contributed by atoms with van der Waals surface area (Å²) >= 11 is 0. The third kappa shape index (κ3) is 5.00. The Labute approximate surface area is 174 Å². The molecule has 2 unspecified atom stereocenters. The Morgan fingerprint density at radius 1 is 1.24 bits per heavy atom. The molecular formula is C20H34N4O4S. The largest absolute Gasteiger partial charge is 0.360 e. The number of sulfonamides is 1. The minimum Gasteiger partial charge on any atom is -0.360 e. The average molecular weight is 427 g/mol. The van der Waals surface area contributed by atoms with Gasteiger partial charge in [-0.3, -0.25) is 9.69 Å². The summed E-state index contributed by atoms with van der Waals surface area (Å²) in [6, 6.07) is 0.289. The van der Waals surface area contributed by atoms with Gasteiger partial charge in [0.25, 0.3) is 0 Å². The van der Waals surface area contributed by atoms with Crippen LogP contribution in [0.4, 0.5) is 0 Å². The van der Waals surface area contributed by atoms with Gasteiger partial charge in [0.05, 0.1) is 5.92 Å². The van der Waals surface area contributed by atoms with E-state index in [9.17, 15) is 13.2 Å². The maximum absolute atomic E-state index is 13.0. The Balaban J connectivity index is 1.57. The molecule has 9 heteroatoms. The van der Waals surface area contributed by atoms with Crippen molar-refractivity contribution < 1.29 is 17.7 Å². The standard InChI is InChI=1S/C20H34N4O4S/c1-14-7-10-23(11-8-14)15(2)12-21-20(25)18-6-5-9-24(13-18)29(26,27)19-16(3)22-28-17(19)4/h14-15,18H,5-13H2,1-4H3,(H,21,25). The SMILES string of the molecule is Cc1noc(C)c1S(=O)(=O)N1CCCC(C(=O)NCC(C)N2CCC(C)CC2)C1. The first-order valence-electron chi connectivity index (χ1n) is 10.6. The zero-order valence-electron chi connectivity index (χ0n) is 18.0. The molecule has 2 aliphatic rings. The van der Waals surface area contributed by atoms with Gasteiger partial charge in [-0.1, -0.05) is 12.1 Å². The first-order valence-corrected chi connectivity index (χ1v) is 12.1. The Hall–Kier alpha value is -1.45. The zero-order chi connectivity index (χ0) is 21.2. The summed E-state index contributed by atoms with van der Waals surface area (Å²) in [6.45, 7) is 11.0. The van der Waals surface area contributed by atoms with E-state index in [1.807, 2.05) is 0 Å². The van der Waals surface area contributed by atoms with Gasteiger partial charge in [0.15, 0.2) is 5.76 Å². The van der Waals surface area contributed by atoms with Crippen LogP contribution in [-0.2, 0) is 14.8 Å². The molecule has 1 aromatic rings. The Kier molecular flexibility index (Phi) is 7.01. The fraction of sp³-hybridized carbons (Fsp3) is 0.800. The van der Waals surface area contributed by atoms with Crippen LogP contribution in [0.2, 0.25) is 0 Å². The zero-order valence-corrected chi connectivity index (χ0v) is 18.8. The molecule has 2 atom stereocenters. The quantitative estimate of drug-likeness (QED) is 0.747. The molecule has 29 heavy (non-hydrogen) atoms. The summed E-state index contributed by atoms with van der Waals surface area (Å²) in [5, 5.41) is 6.82. The molecule has 1 aromatic heterocycles. The molecule has 0 bridgehead atoms. The van der Waals surface area contributed by atoms with Gasteiger partial charge in [0.1, 0.15) is 10.6 Å². The number of hydrogen-bond donors (Lipinski definition) is 1. The summed E-state index contributed by atoms with van der Waals surface area (Å²) in [5.74, 6) is 0.688. The van der Waals surface area contributed by atoms with Crippen molar-refractivity contribution in [3.8, 4) is 0 Å². The van der Waals surface area contributed by atoms with E-state index in [-0.39, 0.29) is 29.3 Å². The molecule has 8 nitrogen and oxygen atoms in total. The lowest BCUT2D eigenvalue weighted by molar-refractivity contribution is -0.126. The van der Waals surface area contributed by atoms with E-state index in [1.165, 1.54) is 17.1 Å². The van der Waals surface area contributed by atoms with Gasteiger partial charge in [-0.25, -0.2) is 8.42 Å². The maximum Gasteiger partial charge on any atom is 0.248 e. The summed E-state index contributed by atoms with van der Waals surface area (Å²) in [6.07, 6.45) is 3.78. The molecular weight excluding hydrogens is 392 g/mol. The number of aryl methyl sites for hydroxylation is 2. The smallest absolute Gasteiger partial charge is 0.248 e. The van der Waals surface area contributed by atoms with Crippen molar-refractivity contribution >= 4 is 15.9 Å². The van der Waals surface area contributed by atoms with E-state index in [0.717, 1.165) is 19.0 Å². The van der Waals surface area contributed by atoms with Crippen LogP contribution in [0.3, 0.4) is 0 Å². The van der Waals surface area contributed by atoms with E-state index in [0.29, 0.717) is 37.4 Å². The van der Waals surface area contributed by atoms with Crippen LogP contribution >= 0.6 is 0 Å². The van der Waals surface area contributed by atoms with Crippen LogP contribution in [0, 0.1) is 25.7 Å². The third-order valence-corrected chi connectivity index (χ3v) is 8.44. The molecule has 2 aliphatic heterocycles. The number of piperidine rings is 2. The van der Waals surface area contributed by atoms with Crippen molar-refractivity contribution in [3.63, 3.8) is 0 Å². The van der Waals surface area contributed by atoms with E-state index >= 15 is 0 Å². The van der Waals surface area contributed by atoms with Crippen molar-refractivity contribution in [1.82, 2.24) is 19.7 Å². The number of carbonyl (C=O) groups excluding carboxylic acids is 1. The van der Waals surface area contributed by atoms with Crippen LogP contribution in [0.1, 0.15) is 51.0 Å². The molecule has 2 fully saturated rings. The summed E-state index contributed by atoms with van der Waals surface area (Å²) in [4.78, 5) is 15.3. The lowest BCUT2D eigenvalue weighted by atomic mass is 9.97. The second kappa shape index (κ2) is 9.14. The van der Waals surface area contributed by atoms with Crippen LogP contribution in [0.25, 0.3) is 0 Å². The number of aromatic nitrogens is 1. The second-order valence-corrected chi connectivity index (χ2v) is 10.5. The number of hydrogen-bond acceptors (Lipinski definition) is 6. The van der Waals surface area contributed by atoms with E-state index < -0.39 is 10.0 Å². The van der Waals surface area contributed by atoms with Crippen LogP contribution in [0.5, 0.6) is 0 Å². The number of likely N-dealkylation sites (tertiary alicyclic amines) is 1. The summed E-state index contributed by atoms with van der Waals surface area (Å²) in [7, 11) is -3.71. The fourth-order valence-corrected chi connectivity index (χ4v) is 6.15. The first-order chi connectivity index (χ1) is 13.7. The average Bonchev–Trinajstić information content (AvgIpc) is 3.05.